The first-order chi connectivity index (χ1) is 7.60. The number of carbonyl (C=O) groups is 1. The second kappa shape index (κ2) is 6.22. The van der Waals surface area contributed by atoms with Gasteiger partial charge in [0.1, 0.15) is 0 Å². The fourth-order valence-electron chi connectivity index (χ4n) is 2.28. The second-order valence-electron chi connectivity index (χ2n) is 6.89. The first-order valence-electron chi connectivity index (χ1n) is 6.39. The fourth-order valence-corrected chi connectivity index (χ4v) is 2.28. The topological polar surface area (TPSA) is 58.4 Å². The number of nitrogens with one attached hydrogen (secondary N) is 1. The van der Waals surface area contributed by atoms with Crippen LogP contribution in [0.3, 0.4) is 0 Å². The van der Waals surface area contributed by atoms with Crippen LogP contribution in [0.25, 0.3) is 0 Å². The minimum Gasteiger partial charge on any atom is -0.350 e. The van der Waals surface area contributed by atoms with E-state index in [1.165, 1.54) is 0 Å². The molecule has 0 aromatic heterocycles. The van der Waals surface area contributed by atoms with Crippen LogP contribution in [0.4, 0.5) is 0 Å². The molecule has 0 spiro atoms. The van der Waals surface area contributed by atoms with Crippen LogP contribution in [0.1, 0.15) is 41.0 Å². The van der Waals surface area contributed by atoms with Crippen LogP contribution in [-0.2, 0) is 4.79 Å². The van der Waals surface area contributed by atoms with Crippen molar-refractivity contribution in [1.82, 2.24) is 10.2 Å². The summed E-state index contributed by atoms with van der Waals surface area (Å²) in [7, 11) is 0. The van der Waals surface area contributed by atoms with Crippen molar-refractivity contribution in [3.63, 3.8) is 0 Å². The highest BCUT2D eigenvalue weighted by molar-refractivity contribution is 5.85. The highest BCUT2D eigenvalue weighted by Crippen LogP contribution is 2.27. The molecule has 0 aromatic rings. The van der Waals surface area contributed by atoms with Gasteiger partial charge in [-0.05, 0) is 32.6 Å². The van der Waals surface area contributed by atoms with E-state index in [0.717, 1.165) is 19.5 Å². The Labute approximate surface area is 117 Å². The van der Waals surface area contributed by atoms with E-state index >= 15 is 0 Å². The van der Waals surface area contributed by atoms with Gasteiger partial charge in [-0.2, -0.15) is 0 Å². The molecule has 4 nitrogen and oxygen atoms in total. The van der Waals surface area contributed by atoms with Crippen molar-refractivity contribution in [2.45, 2.75) is 52.6 Å². The summed E-state index contributed by atoms with van der Waals surface area (Å²) >= 11 is 0. The lowest BCUT2D eigenvalue weighted by atomic mass is 9.80. The Morgan fingerprint density at radius 1 is 1.44 bits per heavy atom. The van der Waals surface area contributed by atoms with Crippen LogP contribution < -0.4 is 11.1 Å². The Morgan fingerprint density at radius 3 is 2.44 bits per heavy atom. The van der Waals surface area contributed by atoms with E-state index in [-0.39, 0.29) is 35.3 Å². The third-order valence-corrected chi connectivity index (χ3v) is 3.27. The maximum Gasteiger partial charge on any atom is 0.234 e. The van der Waals surface area contributed by atoms with Crippen molar-refractivity contribution in [2.24, 2.45) is 11.1 Å². The standard InChI is InChI=1S/C13H27N3O.ClH/c1-12(2,3)15-11(17)8-16-7-6-10(14)13(4,5)9-16;/h10H,6-9,14H2,1-5H3,(H,15,17);1H. The van der Waals surface area contributed by atoms with Gasteiger partial charge in [-0.25, -0.2) is 0 Å². The minimum atomic E-state index is -0.154. The van der Waals surface area contributed by atoms with Gasteiger partial charge in [-0.1, -0.05) is 13.8 Å². The number of amides is 1. The molecule has 1 rings (SSSR count). The number of rotatable bonds is 2. The Bertz CT molecular complexity index is 286. The summed E-state index contributed by atoms with van der Waals surface area (Å²) in [5.74, 6) is 0.101. The second-order valence-corrected chi connectivity index (χ2v) is 6.89. The van der Waals surface area contributed by atoms with Crippen molar-refractivity contribution in [3.05, 3.63) is 0 Å². The normalized spacial score (nSPS) is 24.2. The molecule has 1 amide bonds. The van der Waals surface area contributed by atoms with E-state index in [1.54, 1.807) is 0 Å². The molecule has 1 aliphatic heterocycles. The minimum absolute atomic E-state index is 0. The first kappa shape index (κ1) is 17.7. The zero-order valence-electron chi connectivity index (χ0n) is 12.2. The molecular weight excluding hydrogens is 250 g/mol. The SMILES string of the molecule is CC(C)(C)NC(=O)CN1CCC(N)C(C)(C)C1.Cl. The lowest BCUT2D eigenvalue weighted by molar-refractivity contribution is -0.124. The monoisotopic (exact) mass is 277 g/mol. The zero-order valence-corrected chi connectivity index (χ0v) is 13.1. The van der Waals surface area contributed by atoms with Crippen molar-refractivity contribution in [2.75, 3.05) is 19.6 Å². The molecule has 108 valence electrons. The Kier molecular flexibility index (Phi) is 6.11. The number of nitrogens with two attached hydrogens (primary N) is 1. The number of nitrogens with zero attached hydrogens (tertiary/aromatic N) is 1. The summed E-state index contributed by atoms with van der Waals surface area (Å²) in [6, 6.07) is 0.240. The Hall–Kier alpha value is -0.320. The Morgan fingerprint density at radius 2 is 2.00 bits per heavy atom. The molecule has 5 heteroatoms. The van der Waals surface area contributed by atoms with E-state index in [1.807, 2.05) is 20.8 Å². The number of piperidine rings is 1. The third-order valence-electron chi connectivity index (χ3n) is 3.27. The van der Waals surface area contributed by atoms with Gasteiger partial charge < -0.3 is 11.1 Å². The Balaban J connectivity index is 0.00000289. The summed E-state index contributed by atoms with van der Waals surface area (Å²) < 4.78 is 0. The maximum absolute atomic E-state index is 11.8. The smallest absolute Gasteiger partial charge is 0.234 e. The van der Waals surface area contributed by atoms with Crippen molar-refractivity contribution < 1.29 is 4.79 Å². The van der Waals surface area contributed by atoms with Crippen LogP contribution >= 0.6 is 12.4 Å². The van der Waals surface area contributed by atoms with Crippen molar-refractivity contribution in [1.29, 1.82) is 0 Å². The van der Waals surface area contributed by atoms with E-state index < -0.39 is 0 Å². The van der Waals surface area contributed by atoms with E-state index in [4.69, 9.17) is 5.73 Å². The van der Waals surface area contributed by atoms with Crippen molar-refractivity contribution in [3.8, 4) is 0 Å². The highest BCUT2D eigenvalue weighted by atomic mass is 35.5. The molecule has 1 fully saturated rings. The molecule has 18 heavy (non-hydrogen) atoms. The lowest BCUT2D eigenvalue weighted by Gasteiger charge is -2.42. The predicted molar refractivity (Wildman–Crippen MR) is 78.0 cm³/mol. The van der Waals surface area contributed by atoms with Crippen LogP contribution in [0, 0.1) is 5.41 Å². The zero-order chi connectivity index (χ0) is 13.3. The maximum atomic E-state index is 11.8. The van der Waals surface area contributed by atoms with Gasteiger partial charge in [-0.3, -0.25) is 9.69 Å². The number of carbonyl (C=O) groups excluding carboxylic acids is 1. The van der Waals surface area contributed by atoms with Gasteiger partial charge >= 0.3 is 0 Å². The summed E-state index contributed by atoms with van der Waals surface area (Å²) in [5, 5.41) is 2.99. The largest absolute Gasteiger partial charge is 0.350 e. The average Bonchev–Trinajstić information content (AvgIpc) is 2.07. The van der Waals surface area contributed by atoms with E-state index in [2.05, 4.69) is 24.1 Å². The summed E-state index contributed by atoms with van der Waals surface area (Å²) in [6.45, 7) is 12.6. The van der Waals surface area contributed by atoms with Gasteiger partial charge in [0.15, 0.2) is 0 Å². The number of likely N-dealkylation sites (tertiary alicyclic amines) is 1. The summed E-state index contributed by atoms with van der Waals surface area (Å²) in [5.41, 5.74) is 6.02. The molecule has 1 atom stereocenters. The van der Waals surface area contributed by atoms with E-state index in [9.17, 15) is 4.79 Å². The summed E-state index contributed by atoms with van der Waals surface area (Å²) in [6.07, 6.45) is 0.968. The van der Waals surface area contributed by atoms with Crippen molar-refractivity contribution >= 4 is 18.3 Å². The number of hydrogen-bond acceptors (Lipinski definition) is 3. The van der Waals surface area contributed by atoms with Crippen LogP contribution in [0.5, 0.6) is 0 Å². The molecule has 1 unspecified atom stereocenters. The average molecular weight is 278 g/mol. The van der Waals surface area contributed by atoms with Gasteiger partial charge in [0, 0.05) is 24.7 Å². The molecule has 1 saturated heterocycles. The number of hydrogen-bond donors (Lipinski definition) is 2. The lowest BCUT2D eigenvalue weighted by Crippen LogP contribution is -2.55. The third kappa shape index (κ3) is 5.55. The summed E-state index contributed by atoms with van der Waals surface area (Å²) in [4.78, 5) is 14.0. The molecule has 3 N–H and O–H groups in total. The van der Waals surface area contributed by atoms with Gasteiger partial charge in [0.05, 0.1) is 6.54 Å². The molecule has 0 saturated carbocycles. The van der Waals surface area contributed by atoms with Gasteiger partial charge in [-0.15, -0.1) is 12.4 Å². The molecule has 0 aromatic carbocycles. The number of halogens is 1. The molecule has 0 bridgehead atoms. The molecule has 1 heterocycles. The highest BCUT2D eigenvalue weighted by Gasteiger charge is 2.34. The fraction of sp³-hybridized carbons (Fsp3) is 0.923. The van der Waals surface area contributed by atoms with Crippen LogP contribution in [0.2, 0.25) is 0 Å². The van der Waals surface area contributed by atoms with E-state index in [0.29, 0.717) is 6.54 Å². The molecular formula is C13H28ClN3O. The molecule has 1 aliphatic rings. The van der Waals surface area contributed by atoms with Crippen LogP contribution in [0.15, 0.2) is 0 Å². The van der Waals surface area contributed by atoms with Gasteiger partial charge in [0.25, 0.3) is 0 Å². The first-order valence-corrected chi connectivity index (χ1v) is 6.39. The predicted octanol–water partition coefficient (Wildman–Crippen LogP) is 1.38. The quantitative estimate of drug-likeness (QED) is 0.802. The molecule has 0 aliphatic carbocycles. The van der Waals surface area contributed by atoms with Gasteiger partial charge in [0.2, 0.25) is 5.91 Å². The van der Waals surface area contributed by atoms with Crippen LogP contribution in [-0.4, -0.2) is 42.0 Å². The molecule has 0 radical (unpaired) electrons.